The second-order valence-electron chi connectivity index (χ2n) is 6.52. The summed E-state index contributed by atoms with van der Waals surface area (Å²) in [5, 5.41) is 10.8. The van der Waals surface area contributed by atoms with Gasteiger partial charge in [-0.3, -0.25) is 4.79 Å². The van der Waals surface area contributed by atoms with E-state index in [-0.39, 0.29) is 24.9 Å². The minimum absolute atomic E-state index is 0.0595. The second kappa shape index (κ2) is 9.64. The van der Waals surface area contributed by atoms with Crippen LogP contribution in [-0.2, 0) is 4.79 Å². The Morgan fingerprint density at radius 3 is 2.48 bits per heavy atom. The van der Waals surface area contributed by atoms with Crippen molar-refractivity contribution in [2.75, 3.05) is 19.8 Å². The molecule has 0 radical (unpaired) electrons. The van der Waals surface area contributed by atoms with Crippen molar-refractivity contribution >= 4 is 5.91 Å². The molecule has 0 aliphatic heterocycles. The lowest BCUT2D eigenvalue weighted by Gasteiger charge is -2.10. The number of aryl methyl sites for hydroxylation is 2. The Bertz CT molecular complexity index is 960. The highest BCUT2D eigenvalue weighted by Gasteiger charge is 2.06. The molecule has 0 aliphatic carbocycles. The SMILES string of the molecule is Cc1ccc(OCC(=O)NCCOc2ccc(-c3ccc(F)cc3)nn2)c(C)c1. The van der Waals surface area contributed by atoms with E-state index in [0.29, 0.717) is 23.9 Å². The zero-order valence-electron chi connectivity index (χ0n) is 16.3. The molecule has 1 aromatic heterocycles. The molecule has 150 valence electrons. The van der Waals surface area contributed by atoms with Gasteiger partial charge in [0.15, 0.2) is 6.61 Å². The van der Waals surface area contributed by atoms with Crippen LogP contribution in [0.25, 0.3) is 11.3 Å². The topological polar surface area (TPSA) is 73.3 Å². The van der Waals surface area contributed by atoms with Crippen molar-refractivity contribution in [1.82, 2.24) is 15.5 Å². The molecule has 1 N–H and O–H groups in total. The standard InChI is InChI=1S/C22H22FN3O3/c1-15-3-9-20(16(2)13-15)29-14-21(27)24-11-12-28-22-10-8-19(25-26-22)17-4-6-18(23)7-5-17/h3-10,13H,11-12,14H2,1-2H3,(H,24,27). The Morgan fingerprint density at radius 2 is 1.79 bits per heavy atom. The first-order chi connectivity index (χ1) is 14.0. The second-order valence-corrected chi connectivity index (χ2v) is 6.52. The number of aromatic nitrogens is 2. The van der Waals surface area contributed by atoms with Crippen molar-refractivity contribution in [2.45, 2.75) is 13.8 Å². The van der Waals surface area contributed by atoms with E-state index >= 15 is 0 Å². The molecule has 7 heteroatoms. The fourth-order valence-electron chi connectivity index (χ4n) is 2.67. The normalized spacial score (nSPS) is 10.4. The molecule has 0 saturated heterocycles. The van der Waals surface area contributed by atoms with Crippen LogP contribution in [0, 0.1) is 19.7 Å². The summed E-state index contributed by atoms with van der Waals surface area (Å²) in [5.41, 5.74) is 3.52. The lowest BCUT2D eigenvalue weighted by atomic mass is 10.1. The number of benzene rings is 2. The fourth-order valence-corrected chi connectivity index (χ4v) is 2.67. The fraction of sp³-hybridized carbons (Fsp3) is 0.227. The van der Waals surface area contributed by atoms with Crippen LogP contribution >= 0.6 is 0 Å². The summed E-state index contributed by atoms with van der Waals surface area (Å²) >= 11 is 0. The quantitative estimate of drug-likeness (QED) is 0.591. The van der Waals surface area contributed by atoms with Gasteiger partial charge in [0.2, 0.25) is 5.88 Å². The summed E-state index contributed by atoms with van der Waals surface area (Å²) in [6.45, 7) is 4.45. The molecule has 0 bridgehead atoms. The van der Waals surface area contributed by atoms with E-state index < -0.39 is 0 Å². The van der Waals surface area contributed by atoms with E-state index in [1.165, 1.54) is 12.1 Å². The van der Waals surface area contributed by atoms with E-state index in [4.69, 9.17) is 9.47 Å². The molecular weight excluding hydrogens is 373 g/mol. The van der Waals surface area contributed by atoms with Crippen molar-refractivity contribution in [3.8, 4) is 22.9 Å². The summed E-state index contributed by atoms with van der Waals surface area (Å²) in [4.78, 5) is 11.9. The molecule has 0 unspecified atom stereocenters. The molecule has 0 aliphatic rings. The number of hydrogen-bond acceptors (Lipinski definition) is 5. The molecule has 0 fully saturated rings. The summed E-state index contributed by atoms with van der Waals surface area (Å²) in [5.74, 6) is 0.504. The maximum Gasteiger partial charge on any atom is 0.258 e. The third-order valence-electron chi connectivity index (χ3n) is 4.14. The van der Waals surface area contributed by atoms with E-state index in [1.807, 2.05) is 32.0 Å². The highest BCUT2D eigenvalue weighted by atomic mass is 19.1. The molecule has 3 aromatic rings. The Labute approximate surface area is 168 Å². The Morgan fingerprint density at radius 1 is 1.00 bits per heavy atom. The number of carbonyl (C=O) groups is 1. The van der Waals surface area contributed by atoms with Crippen LogP contribution in [0.2, 0.25) is 0 Å². The first-order valence-corrected chi connectivity index (χ1v) is 9.20. The number of hydrogen-bond donors (Lipinski definition) is 1. The largest absolute Gasteiger partial charge is 0.484 e. The van der Waals surface area contributed by atoms with Gasteiger partial charge in [0.25, 0.3) is 5.91 Å². The van der Waals surface area contributed by atoms with Crippen molar-refractivity contribution in [3.05, 3.63) is 71.5 Å². The van der Waals surface area contributed by atoms with Gasteiger partial charge in [0.1, 0.15) is 18.2 Å². The molecule has 1 heterocycles. The van der Waals surface area contributed by atoms with Crippen LogP contribution in [0.5, 0.6) is 11.6 Å². The molecule has 2 aromatic carbocycles. The van der Waals surface area contributed by atoms with Crippen molar-refractivity contribution in [2.24, 2.45) is 0 Å². The number of rotatable bonds is 8. The predicted octanol–water partition coefficient (Wildman–Crippen LogP) is 3.47. The minimum atomic E-state index is -0.303. The Hall–Kier alpha value is -3.48. The van der Waals surface area contributed by atoms with Gasteiger partial charge in [-0.2, -0.15) is 0 Å². The van der Waals surface area contributed by atoms with Gasteiger partial charge in [-0.05, 0) is 55.8 Å². The maximum atomic E-state index is 13.0. The number of halogens is 1. The molecule has 0 saturated carbocycles. The van der Waals surface area contributed by atoms with Crippen molar-refractivity contribution in [3.63, 3.8) is 0 Å². The van der Waals surface area contributed by atoms with Gasteiger partial charge < -0.3 is 14.8 Å². The molecule has 0 spiro atoms. The molecule has 1 amide bonds. The van der Waals surface area contributed by atoms with Crippen LogP contribution in [0.4, 0.5) is 4.39 Å². The van der Waals surface area contributed by atoms with Gasteiger partial charge in [-0.15, -0.1) is 10.2 Å². The number of carbonyl (C=O) groups excluding carboxylic acids is 1. The third-order valence-corrected chi connectivity index (χ3v) is 4.14. The van der Waals surface area contributed by atoms with Crippen LogP contribution in [-0.4, -0.2) is 35.9 Å². The van der Waals surface area contributed by atoms with E-state index in [9.17, 15) is 9.18 Å². The average molecular weight is 395 g/mol. The van der Waals surface area contributed by atoms with E-state index in [0.717, 1.165) is 16.7 Å². The maximum absolute atomic E-state index is 13.0. The van der Waals surface area contributed by atoms with Gasteiger partial charge in [-0.1, -0.05) is 17.7 Å². The highest BCUT2D eigenvalue weighted by Crippen LogP contribution is 2.19. The van der Waals surface area contributed by atoms with Crippen LogP contribution in [0.3, 0.4) is 0 Å². The predicted molar refractivity (Wildman–Crippen MR) is 107 cm³/mol. The van der Waals surface area contributed by atoms with Crippen LogP contribution < -0.4 is 14.8 Å². The van der Waals surface area contributed by atoms with Gasteiger partial charge in [0, 0.05) is 11.6 Å². The van der Waals surface area contributed by atoms with E-state index in [2.05, 4.69) is 15.5 Å². The molecule has 6 nitrogen and oxygen atoms in total. The van der Waals surface area contributed by atoms with Crippen molar-refractivity contribution < 1.29 is 18.7 Å². The molecular formula is C22H22FN3O3. The minimum Gasteiger partial charge on any atom is -0.484 e. The number of ether oxygens (including phenoxy) is 2. The molecule has 0 atom stereocenters. The Balaban J connectivity index is 1.38. The molecule has 3 rings (SSSR count). The van der Waals surface area contributed by atoms with Gasteiger partial charge in [-0.25, -0.2) is 4.39 Å². The lowest BCUT2D eigenvalue weighted by Crippen LogP contribution is -2.32. The summed E-state index contributed by atoms with van der Waals surface area (Å²) in [6, 6.07) is 15.2. The lowest BCUT2D eigenvalue weighted by molar-refractivity contribution is -0.123. The van der Waals surface area contributed by atoms with Crippen LogP contribution in [0.15, 0.2) is 54.6 Å². The smallest absolute Gasteiger partial charge is 0.258 e. The third kappa shape index (κ3) is 6.00. The van der Waals surface area contributed by atoms with Crippen molar-refractivity contribution in [1.29, 1.82) is 0 Å². The number of nitrogens with zero attached hydrogens (tertiary/aromatic N) is 2. The van der Waals surface area contributed by atoms with Crippen LogP contribution in [0.1, 0.15) is 11.1 Å². The van der Waals surface area contributed by atoms with Gasteiger partial charge >= 0.3 is 0 Å². The first kappa shape index (κ1) is 20.3. The zero-order chi connectivity index (χ0) is 20.6. The van der Waals surface area contributed by atoms with E-state index in [1.54, 1.807) is 24.3 Å². The number of nitrogens with one attached hydrogen (secondary N) is 1. The first-order valence-electron chi connectivity index (χ1n) is 9.20. The van der Waals surface area contributed by atoms with Gasteiger partial charge in [0.05, 0.1) is 12.2 Å². The number of amides is 1. The average Bonchev–Trinajstić information content (AvgIpc) is 2.72. The summed E-state index contributed by atoms with van der Waals surface area (Å²) in [7, 11) is 0. The Kier molecular flexibility index (Phi) is 6.73. The highest BCUT2D eigenvalue weighted by molar-refractivity contribution is 5.77. The summed E-state index contributed by atoms with van der Waals surface area (Å²) < 4.78 is 24.0. The zero-order valence-corrected chi connectivity index (χ0v) is 16.3. The summed E-state index contributed by atoms with van der Waals surface area (Å²) in [6.07, 6.45) is 0. The molecule has 29 heavy (non-hydrogen) atoms. The monoisotopic (exact) mass is 395 g/mol.